The summed E-state index contributed by atoms with van der Waals surface area (Å²) in [5.74, 6) is 0.0463. The van der Waals surface area contributed by atoms with Gasteiger partial charge in [0.15, 0.2) is 6.54 Å². The van der Waals surface area contributed by atoms with Crippen molar-refractivity contribution in [2.75, 3.05) is 6.54 Å². The smallest absolute Gasteiger partial charge is 0.275 e. The summed E-state index contributed by atoms with van der Waals surface area (Å²) < 4.78 is 0. The van der Waals surface area contributed by atoms with Crippen molar-refractivity contribution < 1.29 is 10.1 Å². The first-order valence-electron chi connectivity index (χ1n) is 8.50. The Morgan fingerprint density at radius 1 is 0.960 bits per heavy atom. The van der Waals surface area contributed by atoms with Gasteiger partial charge in [-0.15, -0.1) is 11.3 Å². The lowest BCUT2D eigenvalue weighted by Gasteiger charge is -2.18. The van der Waals surface area contributed by atoms with Crippen LogP contribution >= 0.6 is 11.3 Å². The Kier molecular flexibility index (Phi) is 5.99. The van der Waals surface area contributed by atoms with E-state index in [1.54, 1.807) is 11.3 Å². The van der Waals surface area contributed by atoms with Crippen LogP contribution in [-0.2, 0) is 4.79 Å². The molecule has 1 amide bonds. The molecule has 3 N–H and O–H groups in total. The second-order valence-electron chi connectivity index (χ2n) is 6.07. The molecular formula is C21H23N2OS+. The topological polar surface area (TPSA) is 45.7 Å². The van der Waals surface area contributed by atoms with E-state index in [2.05, 4.69) is 47.9 Å². The number of amides is 1. The molecule has 0 bridgehead atoms. The van der Waals surface area contributed by atoms with E-state index in [1.807, 2.05) is 47.8 Å². The Morgan fingerprint density at radius 2 is 1.60 bits per heavy atom. The Hall–Kier alpha value is -2.43. The molecule has 3 rings (SSSR count). The summed E-state index contributed by atoms with van der Waals surface area (Å²) >= 11 is 1.66. The van der Waals surface area contributed by atoms with E-state index in [1.165, 1.54) is 5.56 Å². The molecule has 25 heavy (non-hydrogen) atoms. The van der Waals surface area contributed by atoms with Crippen molar-refractivity contribution >= 4 is 17.2 Å². The van der Waals surface area contributed by atoms with Gasteiger partial charge in [0.25, 0.3) is 5.91 Å². The zero-order chi connectivity index (χ0) is 17.5. The van der Waals surface area contributed by atoms with Crippen LogP contribution in [-0.4, -0.2) is 12.5 Å². The predicted octanol–water partition coefficient (Wildman–Crippen LogP) is 3.28. The summed E-state index contributed by atoms with van der Waals surface area (Å²) in [6.45, 7) is 2.53. The molecule has 1 aromatic heterocycles. The van der Waals surface area contributed by atoms with Gasteiger partial charge in [-0.2, -0.15) is 0 Å². The molecule has 128 valence electrons. The fraction of sp³-hybridized carbons (Fsp3) is 0.190. The molecule has 0 fully saturated rings. The molecule has 0 saturated carbocycles. The lowest BCUT2D eigenvalue weighted by molar-refractivity contribution is -0.682. The number of nitrogens with one attached hydrogen (secondary N) is 1. The molecule has 0 aliphatic rings. The number of hydrogen-bond acceptors (Lipinski definition) is 2. The van der Waals surface area contributed by atoms with Crippen LogP contribution < -0.4 is 10.6 Å². The van der Waals surface area contributed by atoms with Crippen LogP contribution in [0.2, 0.25) is 0 Å². The average Bonchev–Trinajstić information content (AvgIpc) is 3.20. The molecule has 0 radical (unpaired) electrons. The van der Waals surface area contributed by atoms with Crippen LogP contribution in [0.1, 0.15) is 35.0 Å². The Labute approximate surface area is 152 Å². The van der Waals surface area contributed by atoms with Gasteiger partial charge in [-0.25, -0.2) is 0 Å². The van der Waals surface area contributed by atoms with E-state index >= 15 is 0 Å². The molecule has 4 heteroatoms. The van der Waals surface area contributed by atoms with Crippen LogP contribution in [0.5, 0.6) is 0 Å². The summed E-state index contributed by atoms with van der Waals surface area (Å²) in [4.78, 5) is 13.7. The van der Waals surface area contributed by atoms with Crippen molar-refractivity contribution in [3.8, 4) is 0 Å². The molecular weight excluding hydrogens is 328 g/mol. The SMILES string of the molecule is C[C@@H]([NH2+]CC(=O)N[C@H](c1ccccc1)c1cccs1)c1ccccc1. The quantitative estimate of drug-likeness (QED) is 0.674. The summed E-state index contributed by atoms with van der Waals surface area (Å²) in [5, 5.41) is 7.30. The number of carbonyl (C=O) groups excluding carboxylic acids is 1. The normalized spacial score (nSPS) is 13.2. The maximum atomic E-state index is 12.5. The fourth-order valence-corrected chi connectivity index (χ4v) is 3.62. The van der Waals surface area contributed by atoms with Crippen molar-refractivity contribution in [1.29, 1.82) is 0 Å². The van der Waals surface area contributed by atoms with Crippen molar-refractivity contribution in [3.05, 3.63) is 94.2 Å². The maximum Gasteiger partial charge on any atom is 0.275 e. The number of quaternary nitrogens is 1. The van der Waals surface area contributed by atoms with Gasteiger partial charge < -0.3 is 10.6 Å². The van der Waals surface area contributed by atoms with Gasteiger partial charge in [0.2, 0.25) is 0 Å². The van der Waals surface area contributed by atoms with Crippen LogP contribution in [0.3, 0.4) is 0 Å². The molecule has 2 atom stereocenters. The lowest BCUT2D eigenvalue weighted by Crippen LogP contribution is -2.87. The summed E-state index contributed by atoms with van der Waals surface area (Å²) in [6.07, 6.45) is 0. The molecule has 0 saturated heterocycles. The third kappa shape index (κ3) is 4.78. The van der Waals surface area contributed by atoms with Gasteiger partial charge in [-0.05, 0) is 23.9 Å². The summed E-state index contributed by atoms with van der Waals surface area (Å²) in [6, 6.07) is 24.6. The maximum absolute atomic E-state index is 12.5. The van der Waals surface area contributed by atoms with E-state index in [0.717, 1.165) is 10.4 Å². The molecule has 3 nitrogen and oxygen atoms in total. The number of nitrogens with two attached hydrogens (primary N) is 1. The van der Waals surface area contributed by atoms with Crippen LogP contribution in [0.25, 0.3) is 0 Å². The second-order valence-corrected chi connectivity index (χ2v) is 7.05. The molecule has 0 spiro atoms. The van der Waals surface area contributed by atoms with Crippen LogP contribution in [0.4, 0.5) is 0 Å². The third-order valence-corrected chi connectivity index (χ3v) is 5.19. The van der Waals surface area contributed by atoms with E-state index in [9.17, 15) is 4.79 Å². The van der Waals surface area contributed by atoms with Crippen LogP contribution in [0, 0.1) is 0 Å². The second kappa shape index (κ2) is 8.60. The molecule has 0 aliphatic heterocycles. The van der Waals surface area contributed by atoms with Crippen molar-refractivity contribution in [1.82, 2.24) is 5.32 Å². The zero-order valence-electron chi connectivity index (χ0n) is 14.3. The van der Waals surface area contributed by atoms with Gasteiger partial charge in [0, 0.05) is 10.4 Å². The van der Waals surface area contributed by atoms with Gasteiger partial charge in [0.1, 0.15) is 6.04 Å². The van der Waals surface area contributed by atoms with Gasteiger partial charge in [-0.3, -0.25) is 4.79 Å². The van der Waals surface area contributed by atoms with Gasteiger partial charge >= 0.3 is 0 Å². The van der Waals surface area contributed by atoms with Gasteiger partial charge in [0.05, 0.1) is 6.04 Å². The van der Waals surface area contributed by atoms with E-state index in [-0.39, 0.29) is 18.0 Å². The minimum atomic E-state index is -0.0888. The first-order chi connectivity index (χ1) is 12.2. The van der Waals surface area contributed by atoms with E-state index in [0.29, 0.717) is 6.54 Å². The highest BCUT2D eigenvalue weighted by atomic mass is 32.1. The molecule has 0 unspecified atom stereocenters. The first-order valence-corrected chi connectivity index (χ1v) is 9.38. The lowest BCUT2D eigenvalue weighted by atomic mass is 10.1. The third-order valence-electron chi connectivity index (χ3n) is 4.25. The molecule has 0 aliphatic carbocycles. The highest BCUT2D eigenvalue weighted by Gasteiger charge is 2.19. The summed E-state index contributed by atoms with van der Waals surface area (Å²) in [7, 11) is 0. The summed E-state index contributed by atoms with van der Waals surface area (Å²) in [5.41, 5.74) is 2.34. The molecule has 1 heterocycles. The zero-order valence-corrected chi connectivity index (χ0v) is 15.1. The van der Waals surface area contributed by atoms with Crippen molar-refractivity contribution in [2.45, 2.75) is 19.0 Å². The average molecular weight is 351 g/mol. The van der Waals surface area contributed by atoms with Crippen molar-refractivity contribution in [3.63, 3.8) is 0 Å². The number of rotatable bonds is 7. The van der Waals surface area contributed by atoms with E-state index in [4.69, 9.17) is 0 Å². The monoisotopic (exact) mass is 351 g/mol. The van der Waals surface area contributed by atoms with Crippen molar-refractivity contribution in [2.24, 2.45) is 0 Å². The Bertz CT molecular complexity index is 772. The minimum Gasteiger partial charge on any atom is -0.339 e. The number of thiophene rings is 1. The Balaban J connectivity index is 1.63. The minimum absolute atomic E-state index is 0.0463. The standard InChI is InChI=1S/C21H22N2OS/c1-16(17-9-4-2-5-10-17)22-15-20(24)23-21(19-13-8-14-25-19)18-11-6-3-7-12-18/h2-14,16,21-22H,15H2,1H3,(H,23,24)/p+1/t16-,21-/m1/s1. The van der Waals surface area contributed by atoms with Gasteiger partial charge in [-0.1, -0.05) is 66.7 Å². The Morgan fingerprint density at radius 3 is 2.20 bits per heavy atom. The number of benzene rings is 2. The highest BCUT2D eigenvalue weighted by Crippen LogP contribution is 2.25. The van der Waals surface area contributed by atoms with Crippen LogP contribution in [0.15, 0.2) is 78.2 Å². The highest BCUT2D eigenvalue weighted by molar-refractivity contribution is 7.10. The molecule has 2 aromatic carbocycles. The largest absolute Gasteiger partial charge is 0.339 e. The first kappa shape index (κ1) is 17.4. The number of carbonyl (C=O) groups is 1. The predicted molar refractivity (Wildman–Crippen MR) is 102 cm³/mol. The van der Waals surface area contributed by atoms with E-state index < -0.39 is 0 Å². The number of hydrogen-bond donors (Lipinski definition) is 2. The fourth-order valence-electron chi connectivity index (χ4n) is 2.82. The molecule has 3 aromatic rings.